The van der Waals surface area contributed by atoms with Crippen LogP contribution in [-0.4, -0.2) is 39.0 Å². The van der Waals surface area contributed by atoms with Crippen LogP contribution < -0.4 is 19.7 Å². The van der Waals surface area contributed by atoms with Gasteiger partial charge in [0, 0.05) is 16.8 Å². The summed E-state index contributed by atoms with van der Waals surface area (Å²) in [6, 6.07) is 12.6. The van der Waals surface area contributed by atoms with Crippen molar-refractivity contribution in [3.05, 3.63) is 53.6 Å². The van der Waals surface area contributed by atoms with E-state index in [0.29, 0.717) is 18.7 Å². The first kappa shape index (κ1) is 20.5. The molecule has 6 nitrogen and oxygen atoms in total. The monoisotopic (exact) mass is 371 g/mol. The molecule has 0 fully saturated rings. The predicted octanol–water partition coefficient (Wildman–Crippen LogP) is 1.95. The first-order valence-electron chi connectivity index (χ1n) is 8.92. The summed E-state index contributed by atoms with van der Waals surface area (Å²) in [6.45, 7) is 5.24. The topological polar surface area (TPSA) is 69.1 Å². The van der Waals surface area contributed by atoms with Crippen LogP contribution in [0.5, 0.6) is 11.5 Å². The summed E-state index contributed by atoms with van der Waals surface area (Å²) in [5.41, 5.74) is 2.29. The third-order valence-corrected chi connectivity index (χ3v) is 4.41. The van der Waals surface area contributed by atoms with Crippen molar-refractivity contribution < 1.29 is 24.0 Å². The molecule has 27 heavy (non-hydrogen) atoms. The van der Waals surface area contributed by atoms with Crippen LogP contribution in [0, 0.1) is 0 Å². The molecule has 0 aliphatic carbocycles. The number of quaternary nitrogens is 1. The Morgan fingerprint density at radius 2 is 1.74 bits per heavy atom. The van der Waals surface area contributed by atoms with E-state index in [1.165, 1.54) is 0 Å². The van der Waals surface area contributed by atoms with Crippen LogP contribution in [0.2, 0.25) is 0 Å². The van der Waals surface area contributed by atoms with E-state index in [1.807, 2.05) is 25.1 Å². The zero-order valence-corrected chi connectivity index (χ0v) is 16.3. The van der Waals surface area contributed by atoms with E-state index in [1.54, 1.807) is 45.4 Å². The standard InChI is InChI=1S/C21H26N2O4/c1-5-23(13-17-12-16(15(2)24)6-11-20(17)27-4)14-21(25)22-18-7-9-19(26-3)10-8-18/h6-12H,5,13-14H2,1-4H3,(H,22,25)/p+1. The average Bonchev–Trinajstić information content (AvgIpc) is 2.67. The minimum atomic E-state index is -0.0706. The van der Waals surface area contributed by atoms with Gasteiger partial charge in [-0.1, -0.05) is 0 Å². The number of benzene rings is 2. The second-order valence-electron chi connectivity index (χ2n) is 6.32. The van der Waals surface area contributed by atoms with Gasteiger partial charge in [-0.05, 0) is 56.3 Å². The molecule has 0 saturated heterocycles. The summed E-state index contributed by atoms with van der Waals surface area (Å²) in [6.07, 6.45) is 0. The van der Waals surface area contributed by atoms with Crippen molar-refractivity contribution in [1.29, 1.82) is 0 Å². The van der Waals surface area contributed by atoms with Gasteiger partial charge in [-0.2, -0.15) is 0 Å². The molecule has 0 aliphatic heterocycles. The van der Waals surface area contributed by atoms with Crippen molar-refractivity contribution in [2.45, 2.75) is 20.4 Å². The Morgan fingerprint density at radius 3 is 2.30 bits per heavy atom. The third kappa shape index (κ3) is 5.82. The molecule has 2 aromatic rings. The SMILES string of the molecule is CC[NH+](CC(=O)Nc1ccc(OC)cc1)Cc1cc(C(C)=O)ccc1OC. The lowest BCUT2D eigenvalue weighted by Crippen LogP contribution is -3.11. The molecule has 0 saturated carbocycles. The molecule has 2 rings (SSSR count). The van der Waals surface area contributed by atoms with Crippen molar-refractivity contribution in [3.8, 4) is 11.5 Å². The van der Waals surface area contributed by atoms with Crippen LogP contribution in [0.25, 0.3) is 0 Å². The Balaban J connectivity index is 2.04. The number of Topliss-reactive ketones (excluding diaryl/α,β-unsaturated/α-hetero) is 1. The molecule has 0 heterocycles. The van der Waals surface area contributed by atoms with Gasteiger partial charge in [0.05, 0.1) is 20.8 Å². The summed E-state index contributed by atoms with van der Waals surface area (Å²) in [5, 5.41) is 2.90. The zero-order valence-electron chi connectivity index (χ0n) is 16.3. The van der Waals surface area contributed by atoms with E-state index in [4.69, 9.17) is 9.47 Å². The lowest BCUT2D eigenvalue weighted by atomic mass is 10.1. The smallest absolute Gasteiger partial charge is 0.279 e. The van der Waals surface area contributed by atoms with Crippen molar-refractivity contribution in [1.82, 2.24) is 0 Å². The van der Waals surface area contributed by atoms with E-state index in [-0.39, 0.29) is 11.7 Å². The number of ketones is 1. The van der Waals surface area contributed by atoms with Gasteiger partial charge in [0.25, 0.3) is 5.91 Å². The number of rotatable bonds is 9. The predicted molar refractivity (Wildman–Crippen MR) is 105 cm³/mol. The molecule has 0 aliphatic rings. The normalized spacial score (nSPS) is 11.6. The van der Waals surface area contributed by atoms with E-state index >= 15 is 0 Å². The fourth-order valence-corrected chi connectivity index (χ4v) is 2.82. The van der Waals surface area contributed by atoms with E-state index < -0.39 is 0 Å². The Kier molecular flexibility index (Phi) is 7.37. The van der Waals surface area contributed by atoms with Gasteiger partial charge in [0.2, 0.25) is 0 Å². The van der Waals surface area contributed by atoms with E-state index in [0.717, 1.165) is 34.2 Å². The van der Waals surface area contributed by atoms with Crippen LogP contribution >= 0.6 is 0 Å². The molecule has 0 spiro atoms. The van der Waals surface area contributed by atoms with Crippen molar-refractivity contribution in [3.63, 3.8) is 0 Å². The first-order valence-corrected chi connectivity index (χ1v) is 8.92. The van der Waals surface area contributed by atoms with E-state index in [9.17, 15) is 9.59 Å². The highest BCUT2D eigenvalue weighted by atomic mass is 16.5. The maximum atomic E-state index is 12.4. The molecule has 1 atom stereocenters. The Hall–Kier alpha value is -2.86. The third-order valence-electron chi connectivity index (χ3n) is 4.41. The van der Waals surface area contributed by atoms with Gasteiger partial charge in [-0.3, -0.25) is 9.59 Å². The van der Waals surface area contributed by atoms with Gasteiger partial charge in [0.15, 0.2) is 12.3 Å². The number of ether oxygens (including phenoxy) is 2. The lowest BCUT2D eigenvalue weighted by Gasteiger charge is -2.19. The maximum absolute atomic E-state index is 12.4. The minimum Gasteiger partial charge on any atom is -0.497 e. The molecule has 0 aromatic heterocycles. The van der Waals surface area contributed by atoms with Crippen molar-refractivity contribution >= 4 is 17.4 Å². The molecule has 6 heteroatoms. The number of hydrogen-bond donors (Lipinski definition) is 2. The number of likely N-dealkylation sites (N-methyl/N-ethyl adjacent to an activating group) is 1. The molecule has 144 valence electrons. The summed E-state index contributed by atoms with van der Waals surface area (Å²) >= 11 is 0. The zero-order chi connectivity index (χ0) is 19.8. The summed E-state index contributed by atoms with van der Waals surface area (Å²) < 4.78 is 10.5. The number of anilines is 1. The maximum Gasteiger partial charge on any atom is 0.279 e. The fourth-order valence-electron chi connectivity index (χ4n) is 2.82. The Labute approximate surface area is 160 Å². The summed E-state index contributed by atoms with van der Waals surface area (Å²) in [4.78, 5) is 25.1. The molecule has 2 N–H and O–H groups in total. The molecular weight excluding hydrogens is 344 g/mol. The molecule has 0 radical (unpaired) electrons. The highest BCUT2D eigenvalue weighted by molar-refractivity contribution is 5.94. The number of carbonyl (C=O) groups is 2. The van der Waals surface area contributed by atoms with Gasteiger partial charge in [0.1, 0.15) is 18.0 Å². The molecule has 1 amide bonds. The van der Waals surface area contributed by atoms with Crippen LogP contribution in [0.15, 0.2) is 42.5 Å². The second-order valence-corrected chi connectivity index (χ2v) is 6.32. The average molecular weight is 371 g/mol. The Bertz CT molecular complexity index is 787. The van der Waals surface area contributed by atoms with Crippen molar-refractivity contribution in [2.75, 3.05) is 32.6 Å². The van der Waals surface area contributed by atoms with Crippen LogP contribution in [0.3, 0.4) is 0 Å². The number of amides is 1. The molecule has 1 unspecified atom stereocenters. The molecular formula is C21H27N2O4+. The number of methoxy groups -OCH3 is 2. The minimum absolute atomic E-state index is 0.00852. The van der Waals surface area contributed by atoms with Crippen LogP contribution in [-0.2, 0) is 11.3 Å². The second kappa shape index (κ2) is 9.73. The summed E-state index contributed by atoms with van der Waals surface area (Å²) in [7, 11) is 3.21. The summed E-state index contributed by atoms with van der Waals surface area (Å²) in [5.74, 6) is 1.40. The molecule has 0 bridgehead atoms. The van der Waals surface area contributed by atoms with Gasteiger partial charge in [-0.25, -0.2) is 0 Å². The van der Waals surface area contributed by atoms with Crippen molar-refractivity contribution in [2.24, 2.45) is 0 Å². The lowest BCUT2D eigenvalue weighted by molar-refractivity contribution is -0.903. The quantitative estimate of drug-likeness (QED) is 0.661. The van der Waals surface area contributed by atoms with Gasteiger partial charge >= 0.3 is 0 Å². The largest absolute Gasteiger partial charge is 0.497 e. The number of nitrogens with one attached hydrogen (secondary N) is 2. The first-order chi connectivity index (χ1) is 13.0. The van der Waals surface area contributed by atoms with Gasteiger partial charge in [-0.15, -0.1) is 0 Å². The number of hydrogen-bond acceptors (Lipinski definition) is 4. The van der Waals surface area contributed by atoms with E-state index in [2.05, 4.69) is 5.32 Å². The van der Waals surface area contributed by atoms with Crippen LogP contribution in [0.1, 0.15) is 29.8 Å². The number of carbonyl (C=O) groups excluding carboxylic acids is 2. The van der Waals surface area contributed by atoms with Crippen LogP contribution in [0.4, 0.5) is 5.69 Å². The highest BCUT2D eigenvalue weighted by Gasteiger charge is 2.17. The highest BCUT2D eigenvalue weighted by Crippen LogP contribution is 2.19. The Morgan fingerprint density at radius 1 is 1.04 bits per heavy atom. The molecule has 2 aromatic carbocycles. The fraction of sp³-hybridized carbons (Fsp3) is 0.333. The van der Waals surface area contributed by atoms with Gasteiger partial charge < -0.3 is 19.7 Å².